The third kappa shape index (κ3) is 5.97. The third-order valence-corrected chi connectivity index (χ3v) is 6.83. The zero-order chi connectivity index (χ0) is 27.4. The minimum atomic E-state index is -5.57. The van der Waals surface area contributed by atoms with E-state index in [2.05, 4.69) is 21.8 Å². The average Bonchev–Trinajstić information content (AvgIpc) is 2.84. The number of ether oxygens (including phenoxy) is 2. The highest BCUT2D eigenvalue weighted by atomic mass is 32.2. The molecule has 4 N–H and O–H groups in total. The number of nitrogens with zero attached hydrogens (tertiary/aromatic N) is 3. The highest BCUT2D eigenvalue weighted by Gasteiger charge is 2.49. The van der Waals surface area contributed by atoms with Crippen LogP contribution in [0, 0.1) is 11.8 Å². The van der Waals surface area contributed by atoms with Crippen molar-refractivity contribution in [3.8, 4) is 23.3 Å². The van der Waals surface area contributed by atoms with E-state index >= 15 is 0 Å². The first-order chi connectivity index (χ1) is 17.4. The van der Waals surface area contributed by atoms with E-state index in [-0.39, 0.29) is 27.3 Å². The van der Waals surface area contributed by atoms with E-state index in [4.69, 9.17) is 20.9 Å². The summed E-state index contributed by atoms with van der Waals surface area (Å²) in [7, 11) is -2.66. The Hall–Kier alpha value is -4.18. The fraction of sp³-hybridized carbons (Fsp3) is 0.250. The number of alkyl halides is 3. The van der Waals surface area contributed by atoms with Gasteiger partial charge in [-0.25, -0.2) is 4.98 Å². The molecule has 0 aliphatic rings. The first-order valence-corrected chi connectivity index (χ1v) is 12.2. The predicted molar refractivity (Wildman–Crippen MR) is 134 cm³/mol. The summed E-state index contributed by atoms with van der Waals surface area (Å²) in [6.45, 7) is 0.896. The Morgan fingerprint density at radius 3 is 2.41 bits per heavy atom. The molecule has 0 unspecified atom stereocenters. The Labute approximate surface area is 212 Å². The highest BCUT2D eigenvalue weighted by molar-refractivity contribution is 7.93. The van der Waals surface area contributed by atoms with Gasteiger partial charge in [0, 0.05) is 30.3 Å². The van der Waals surface area contributed by atoms with Crippen molar-refractivity contribution in [1.29, 1.82) is 0 Å². The van der Waals surface area contributed by atoms with Crippen LogP contribution in [0.4, 0.5) is 30.6 Å². The van der Waals surface area contributed by atoms with E-state index in [1.807, 2.05) is 0 Å². The van der Waals surface area contributed by atoms with Crippen LogP contribution in [0.3, 0.4) is 0 Å². The number of hydrogen-bond donors (Lipinski definition) is 2. The molecule has 0 amide bonds. The van der Waals surface area contributed by atoms with Gasteiger partial charge in [0.1, 0.15) is 5.82 Å². The number of methoxy groups -OCH3 is 2. The van der Waals surface area contributed by atoms with Crippen molar-refractivity contribution < 1.29 is 31.1 Å². The summed E-state index contributed by atoms with van der Waals surface area (Å²) >= 11 is 0. The molecule has 3 rings (SSSR count). The molecule has 0 radical (unpaired) electrons. The van der Waals surface area contributed by atoms with E-state index < -0.39 is 22.1 Å². The van der Waals surface area contributed by atoms with E-state index in [0.29, 0.717) is 29.0 Å². The molecule has 1 aromatic heterocycles. The van der Waals surface area contributed by atoms with Crippen LogP contribution in [-0.2, 0) is 16.4 Å². The smallest absolute Gasteiger partial charge is 0.493 e. The predicted octanol–water partition coefficient (Wildman–Crippen LogP) is 3.32. The molecule has 0 fully saturated rings. The number of rotatable bonds is 7. The average molecular weight is 536 g/mol. The van der Waals surface area contributed by atoms with Crippen molar-refractivity contribution in [2.24, 2.45) is 0 Å². The maximum atomic E-state index is 13.1. The number of hydrogen-bond acceptors (Lipinski definition) is 8. The van der Waals surface area contributed by atoms with E-state index in [1.165, 1.54) is 45.5 Å². The Balaban J connectivity index is 2.03. The molecule has 2 aromatic carbocycles. The minimum absolute atomic E-state index is 0.0482. The normalized spacial score (nSPS) is 11.4. The van der Waals surface area contributed by atoms with Gasteiger partial charge in [-0.3, -0.25) is 4.31 Å². The molecule has 0 aliphatic carbocycles. The largest absolute Gasteiger partial charge is 0.516 e. The summed E-state index contributed by atoms with van der Waals surface area (Å²) in [6, 6.07) is 8.97. The van der Waals surface area contributed by atoms with Gasteiger partial charge in [-0.1, -0.05) is 17.9 Å². The number of benzene rings is 2. The zero-order valence-electron chi connectivity index (χ0n) is 20.1. The third-order valence-electron chi connectivity index (χ3n) is 5.20. The zero-order valence-corrected chi connectivity index (χ0v) is 20.9. The minimum Gasteiger partial charge on any atom is -0.493 e. The maximum Gasteiger partial charge on any atom is 0.516 e. The van der Waals surface area contributed by atoms with Crippen molar-refractivity contribution in [2.75, 3.05) is 36.5 Å². The van der Waals surface area contributed by atoms with Gasteiger partial charge in [0.15, 0.2) is 11.5 Å². The summed E-state index contributed by atoms with van der Waals surface area (Å²) in [5.41, 5.74) is 7.98. The fourth-order valence-corrected chi connectivity index (χ4v) is 4.48. The topological polar surface area (TPSA) is 134 Å². The SMILES string of the molecule is CCN(c1cccc(C#Cc2cc(Cc3cnc(N)nc3N)cc(OC)c2OC)c1)S(=O)(=O)C(F)(F)F. The quantitative estimate of drug-likeness (QED) is 0.440. The monoisotopic (exact) mass is 535 g/mol. The molecule has 0 spiro atoms. The van der Waals surface area contributed by atoms with Crippen LogP contribution in [0.25, 0.3) is 0 Å². The van der Waals surface area contributed by atoms with E-state index in [0.717, 1.165) is 5.56 Å². The lowest BCUT2D eigenvalue weighted by Gasteiger charge is -2.24. The lowest BCUT2D eigenvalue weighted by atomic mass is 10.0. The van der Waals surface area contributed by atoms with Gasteiger partial charge in [0.05, 0.1) is 25.5 Å². The van der Waals surface area contributed by atoms with Crippen molar-refractivity contribution in [1.82, 2.24) is 9.97 Å². The van der Waals surface area contributed by atoms with E-state index in [9.17, 15) is 21.6 Å². The number of nitrogen functional groups attached to an aromatic ring is 2. The van der Waals surface area contributed by atoms with Gasteiger partial charge in [-0.15, -0.1) is 0 Å². The van der Waals surface area contributed by atoms with Crippen molar-refractivity contribution in [3.63, 3.8) is 0 Å². The molecule has 1 heterocycles. The second kappa shape index (κ2) is 10.8. The van der Waals surface area contributed by atoms with Gasteiger partial charge >= 0.3 is 15.5 Å². The second-order valence-corrected chi connectivity index (χ2v) is 9.46. The van der Waals surface area contributed by atoms with Crippen molar-refractivity contribution in [2.45, 2.75) is 18.9 Å². The number of anilines is 3. The molecular formula is C24H24F3N5O4S. The van der Waals surface area contributed by atoms with Gasteiger partial charge in [0.2, 0.25) is 5.95 Å². The van der Waals surface area contributed by atoms with Crippen LogP contribution in [-0.4, -0.2) is 44.7 Å². The van der Waals surface area contributed by atoms with E-state index in [1.54, 1.807) is 18.2 Å². The summed E-state index contributed by atoms with van der Waals surface area (Å²) in [5.74, 6) is 6.78. The first kappa shape index (κ1) is 27.4. The maximum absolute atomic E-state index is 13.1. The first-order valence-electron chi connectivity index (χ1n) is 10.7. The molecule has 0 bridgehead atoms. The van der Waals surface area contributed by atoms with Gasteiger partial charge in [0.25, 0.3) is 0 Å². The summed E-state index contributed by atoms with van der Waals surface area (Å²) in [5, 5.41) is 0. The summed E-state index contributed by atoms with van der Waals surface area (Å²) in [6.07, 6.45) is 1.84. The number of halogens is 3. The summed E-state index contributed by atoms with van der Waals surface area (Å²) < 4.78 is 74.5. The molecule has 13 heteroatoms. The standard InChI is InChI=1S/C24H24F3N5O4S/c1-4-32(37(33,34)24(25,26)27)19-7-5-6-15(12-19)8-9-17-10-16(13-20(35-2)21(17)36-3)11-18-14-30-23(29)31-22(18)28/h5-7,10,12-14H,4,11H2,1-3H3,(H4,28,29,30,31). The van der Waals surface area contributed by atoms with Crippen LogP contribution in [0.1, 0.15) is 29.2 Å². The summed E-state index contributed by atoms with van der Waals surface area (Å²) in [4.78, 5) is 7.91. The lowest BCUT2D eigenvalue weighted by Crippen LogP contribution is -2.40. The highest BCUT2D eigenvalue weighted by Crippen LogP contribution is 2.34. The molecule has 0 saturated carbocycles. The molecule has 9 nitrogen and oxygen atoms in total. The Bertz CT molecular complexity index is 1470. The van der Waals surface area contributed by atoms with Gasteiger partial charge in [-0.2, -0.15) is 26.6 Å². The second-order valence-electron chi connectivity index (χ2n) is 7.61. The van der Waals surface area contributed by atoms with Crippen LogP contribution >= 0.6 is 0 Å². The molecule has 3 aromatic rings. The van der Waals surface area contributed by atoms with Crippen LogP contribution in [0.15, 0.2) is 42.6 Å². The Kier molecular flexibility index (Phi) is 8.03. The van der Waals surface area contributed by atoms with Crippen molar-refractivity contribution in [3.05, 3.63) is 64.8 Å². The lowest BCUT2D eigenvalue weighted by molar-refractivity contribution is -0.0438. The fourth-order valence-electron chi connectivity index (χ4n) is 3.50. The molecule has 0 atom stereocenters. The molecular weight excluding hydrogens is 511 g/mol. The Morgan fingerprint density at radius 1 is 1.08 bits per heavy atom. The van der Waals surface area contributed by atoms with Gasteiger partial charge < -0.3 is 20.9 Å². The molecule has 0 saturated heterocycles. The molecule has 0 aliphatic heterocycles. The Morgan fingerprint density at radius 2 is 1.81 bits per heavy atom. The van der Waals surface area contributed by atoms with Crippen LogP contribution in [0.2, 0.25) is 0 Å². The van der Waals surface area contributed by atoms with Crippen LogP contribution in [0.5, 0.6) is 11.5 Å². The molecule has 37 heavy (non-hydrogen) atoms. The van der Waals surface area contributed by atoms with Crippen molar-refractivity contribution >= 4 is 27.5 Å². The van der Waals surface area contributed by atoms with Gasteiger partial charge in [-0.05, 0) is 42.8 Å². The number of sulfonamides is 1. The molecule has 196 valence electrons. The van der Waals surface area contributed by atoms with Crippen LogP contribution < -0.4 is 25.2 Å². The number of aromatic nitrogens is 2. The number of nitrogens with two attached hydrogens (primary N) is 2.